The molecule has 0 unspecified atom stereocenters. The first-order chi connectivity index (χ1) is 4.84. The van der Waals surface area contributed by atoms with E-state index in [0.29, 0.717) is 0 Å². The van der Waals surface area contributed by atoms with Gasteiger partial charge in [-0.05, 0) is 7.05 Å². The zero-order valence-electron chi connectivity index (χ0n) is 5.84. The Kier molecular flexibility index (Phi) is 2.96. The molecule has 52 valence electrons. The van der Waals surface area contributed by atoms with Crippen LogP contribution in [0.15, 0.2) is 30.3 Å². The lowest BCUT2D eigenvalue weighted by molar-refractivity contribution is 1.25. The molecule has 1 rings (SSSR count). The Morgan fingerprint density at radius 2 is 1.90 bits per heavy atom. The number of nitrogens with one attached hydrogen (secondary N) is 1. The van der Waals surface area contributed by atoms with E-state index in [1.165, 1.54) is 5.46 Å². The zero-order chi connectivity index (χ0) is 7.40. The first-order valence-electron chi connectivity index (χ1n) is 3.21. The smallest absolute Gasteiger partial charge is 0.333 e. The molecule has 1 aromatic carbocycles. The molecule has 1 nitrogen and oxygen atoms in total. The largest absolute Gasteiger partial charge is 0.345 e. The van der Waals surface area contributed by atoms with Gasteiger partial charge in [-0.25, -0.2) is 0 Å². The maximum absolute atomic E-state index is 3.47. The Morgan fingerprint density at radius 3 is 2.40 bits per heavy atom. The van der Waals surface area contributed by atoms with Gasteiger partial charge in [-0.1, -0.05) is 35.8 Å². The molecule has 0 aliphatic rings. The van der Waals surface area contributed by atoms with Gasteiger partial charge in [-0.15, -0.1) is 15.8 Å². The van der Waals surface area contributed by atoms with Gasteiger partial charge in [0.15, 0.2) is 0 Å². The van der Waals surface area contributed by atoms with Crippen LogP contribution in [0.3, 0.4) is 0 Å². The van der Waals surface area contributed by atoms with Crippen molar-refractivity contribution in [2.24, 2.45) is 0 Å². The molecule has 0 atom stereocenters. The molecule has 0 fully saturated rings. The van der Waals surface area contributed by atoms with Crippen LogP contribution in [0.4, 0.5) is 0 Å². The zero-order valence-corrected chi connectivity index (χ0v) is 7.43. The molecule has 0 saturated heterocycles. The molecule has 0 aromatic heterocycles. The lowest BCUT2D eigenvalue weighted by Crippen LogP contribution is -2.36. The summed E-state index contributed by atoms with van der Waals surface area (Å²) in [7, 11) is 1.92. The lowest BCUT2D eigenvalue weighted by atomic mass is 9.83. The molecule has 0 amide bonds. The standard InChI is InChI=1S/C7H9BBrN/c1-10-8(9)7-5-3-2-4-6-7/h2-6,10H,1H3. The third kappa shape index (κ3) is 1.85. The fourth-order valence-electron chi connectivity index (χ4n) is 0.789. The van der Waals surface area contributed by atoms with Gasteiger partial charge in [0, 0.05) is 0 Å². The fourth-order valence-corrected chi connectivity index (χ4v) is 1.09. The Balaban J connectivity index is 2.75. The lowest BCUT2D eigenvalue weighted by Gasteiger charge is -2.02. The maximum Gasteiger partial charge on any atom is 0.333 e. The van der Waals surface area contributed by atoms with Gasteiger partial charge in [-0.2, -0.15) is 0 Å². The van der Waals surface area contributed by atoms with Gasteiger partial charge < -0.3 is 5.23 Å². The van der Waals surface area contributed by atoms with E-state index in [4.69, 9.17) is 0 Å². The second kappa shape index (κ2) is 3.79. The van der Waals surface area contributed by atoms with Crippen LogP contribution in [-0.2, 0) is 0 Å². The Labute approximate surface area is 69.9 Å². The third-order valence-electron chi connectivity index (χ3n) is 1.35. The summed E-state index contributed by atoms with van der Waals surface area (Å²) in [6.45, 7) is 0. The second-order valence-electron chi connectivity index (χ2n) is 2.06. The van der Waals surface area contributed by atoms with Gasteiger partial charge in [0.2, 0.25) is 0 Å². The van der Waals surface area contributed by atoms with Gasteiger partial charge in [-0.3, -0.25) is 0 Å². The van der Waals surface area contributed by atoms with Crippen LogP contribution in [0.2, 0.25) is 0 Å². The van der Waals surface area contributed by atoms with E-state index in [9.17, 15) is 0 Å². The van der Waals surface area contributed by atoms with Crippen LogP contribution < -0.4 is 10.7 Å². The molecule has 0 saturated carbocycles. The van der Waals surface area contributed by atoms with Crippen molar-refractivity contribution in [3.8, 4) is 0 Å². The SMILES string of the molecule is CNB(Br)c1ccccc1. The first kappa shape index (κ1) is 7.83. The monoisotopic (exact) mass is 197 g/mol. The van der Waals surface area contributed by atoms with Crippen molar-refractivity contribution >= 4 is 26.9 Å². The number of benzene rings is 1. The summed E-state index contributed by atoms with van der Waals surface area (Å²) in [6, 6.07) is 10.2. The molecular weight excluding hydrogens is 189 g/mol. The van der Waals surface area contributed by atoms with Gasteiger partial charge in [0.05, 0.1) is 0 Å². The third-order valence-corrected chi connectivity index (χ3v) is 2.33. The highest BCUT2D eigenvalue weighted by atomic mass is 79.9. The summed E-state index contributed by atoms with van der Waals surface area (Å²) in [5.41, 5.74) is 1.53. The minimum atomic E-state index is 0.272. The van der Waals surface area contributed by atoms with E-state index < -0.39 is 0 Å². The summed E-state index contributed by atoms with van der Waals surface area (Å²) >= 11 is 3.47. The minimum absolute atomic E-state index is 0.272. The molecule has 1 N–H and O–H groups in total. The second-order valence-corrected chi connectivity index (χ2v) is 2.98. The predicted molar refractivity (Wildman–Crippen MR) is 49.8 cm³/mol. The summed E-state index contributed by atoms with van der Waals surface area (Å²) in [6.07, 6.45) is 0. The highest BCUT2D eigenvalue weighted by Crippen LogP contribution is 1.90. The average Bonchev–Trinajstić information content (AvgIpc) is 2.05. The van der Waals surface area contributed by atoms with Crippen molar-refractivity contribution in [1.82, 2.24) is 5.23 Å². The van der Waals surface area contributed by atoms with Crippen molar-refractivity contribution < 1.29 is 0 Å². The first-order valence-corrected chi connectivity index (χ1v) is 4.12. The molecule has 0 heterocycles. The van der Waals surface area contributed by atoms with E-state index in [2.05, 4.69) is 33.1 Å². The Bertz CT molecular complexity index is 190. The number of hydrogen-bond acceptors (Lipinski definition) is 1. The van der Waals surface area contributed by atoms with E-state index in [1.807, 2.05) is 25.2 Å². The van der Waals surface area contributed by atoms with E-state index in [0.717, 1.165) is 0 Å². The summed E-state index contributed by atoms with van der Waals surface area (Å²) < 4.78 is 0. The van der Waals surface area contributed by atoms with Crippen molar-refractivity contribution in [2.45, 2.75) is 0 Å². The van der Waals surface area contributed by atoms with Crippen molar-refractivity contribution in [3.05, 3.63) is 30.3 Å². The van der Waals surface area contributed by atoms with Crippen LogP contribution in [0.25, 0.3) is 0 Å². The number of hydrogen-bond donors (Lipinski definition) is 1. The van der Waals surface area contributed by atoms with Crippen LogP contribution >= 0.6 is 15.8 Å². The fraction of sp³-hybridized carbons (Fsp3) is 0.143. The van der Waals surface area contributed by atoms with E-state index >= 15 is 0 Å². The molecule has 3 heteroatoms. The number of halogens is 1. The quantitative estimate of drug-likeness (QED) is 0.698. The normalized spacial score (nSPS) is 9.40. The van der Waals surface area contributed by atoms with Crippen LogP contribution in [0, 0.1) is 0 Å². The average molecular weight is 198 g/mol. The highest BCUT2D eigenvalue weighted by molar-refractivity contribution is 9.25. The van der Waals surface area contributed by atoms with Crippen LogP contribution in [0.5, 0.6) is 0 Å². The molecule has 0 radical (unpaired) electrons. The van der Waals surface area contributed by atoms with Crippen molar-refractivity contribution in [1.29, 1.82) is 0 Å². The van der Waals surface area contributed by atoms with E-state index in [1.54, 1.807) is 0 Å². The van der Waals surface area contributed by atoms with Crippen LogP contribution in [-0.4, -0.2) is 12.7 Å². The Morgan fingerprint density at radius 1 is 1.30 bits per heavy atom. The molecule has 0 aliphatic heterocycles. The summed E-state index contributed by atoms with van der Waals surface area (Å²) in [5, 5.41) is 3.10. The summed E-state index contributed by atoms with van der Waals surface area (Å²) in [5.74, 6) is 0. The molecule has 1 aromatic rings. The molecule has 0 bridgehead atoms. The molecule has 0 spiro atoms. The predicted octanol–water partition coefficient (Wildman–Crippen LogP) is 0.996. The van der Waals surface area contributed by atoms with Crippen LogP contribution in [0.1, 0.15) is 0 Å². The molecule has 0 aliphatic carbocycles. The van der Waals surface area contributed by atoms with Gasteiger partial charge in [0.25, 0.3) is 0 Å². The van der Waals surface area contributed by atoms with Crippen molar-refractivity contribution in [3.63, 3.8) is 0 Å². The highest BCUT2D eigenvalue weighted by Gasteiger charge is 2.07. The number of rotatable bonds is 2. The van der Waals surface area contributed by atoms with Gasteiger partial charge in [0.1, 0.15) is 0 Å². The van der Waals surface area contributed by atoms with E-state index in [-0.39, 0.29) is 5.67 Å². The Hall–Kier alpha value is -0.275. The summed E-state index contributed by atoms with van der Waals surface area (Å²) in [4.78, 5) is 0. The van der Waals surface area contributed by atoms with Gasteiger partial charge >= 0.3 is 5.67 Å². The van der Waals surface area contributed by atoms with Crippen molar-refractivity contribution in [2.75, 3.05) is 7.05 Å². The minimum Gasteiger partial charge on any atom is -0.345 e. The molecule has 10 heavy (non-hydrogen) atoms. The maximum atomic E-state index is 3.47. The molecular formula is C7H9BBrN. The topological polar surface area (TPSA) is 12.0 Å².